The molecule has 8 rings (SSSR count). The first kappa shape index (κ1) is 41.1. The molecule has 1 amide bonds. The third-order valence-corrected chi connectivity index (χ3v) is 11.4. The van der Waals surface area contributed by atoms with Crippen molar-refractivity contribution in [1.82, 2.24) is 45.0 Å². The Kier molecular flexibility index (Phi) is 14.8. The number of piperazine rings is 2. The molecular weight excluding hydrogens is 769 g/mol. The van der Waals surface area contributed by atoms with Gasteiger partial charge < -0.3 is 36.6 Å². The molecule has 0 radical (unpaired) electrons. The summed E-state index contributed by atoms with van der Waals surface area (Å²) < 4.78 is 0. The van der Waals surface area contributed by atoms with Crippen LogP contribution in [0.15, 0.2) is 37.2 Å². The average Bonchev–Trinajstić information content (AvgIpc) is 3.86. The number of nitrogens with two attached hydrogens (primary N) is 1. The Balaban J connectivity index is 0.000000173. The van der Waals surface area contributed by atoms with Gasteiger partial charge in [0.2, 0.25) is 5.91 Å². The molecule has 4 aromatic rings. The molecule has 0 atom stereocenters. The highest BCUT2D eigenvalue weighted by atomic mass is 32.1. The number of nitriles is 2. The summed E-state index contributed by atoms with van der Waals surface area (Å²) in [6.45, 7) is 6.56. The molecule has 19 nitrogen and oxygen atoms in total. The van der Waals surface area contributed by atoms with E-state index in [0.717, 1.165) is 50.7 Å². The molecule has 4 aromatic heterocycles. The van der Waals surface area contributed by atoms with Crippen molar-refractivity contribution in [2.24, 2.45) is 5.73 Å². The van der Waals surface area contributed by atoms with Crippen LogP contribution < -0.4 is 31.5 Å². The van der Waals surface area contributed by atoms with Gasteiger partial charge in [-0.25, -0.2) is 29.9 Å². The number of carbonyl (C=O) groups excluding carboxylic acids is 1. The van der Waals surface area contributed by atoms with E-state index >= 15 is 0 Å². The van der Waals surface area contributed by atoms with E-state index in [-0.39, 0.29) is 12.5 Å². The van der Waals surface area contributed by atoms with Crippen molar-refractivity contribution in [3.63, 3.8) is 0 Å². The second-order valence-corrected chi connectivity index (χ2v) is 15.9. The molecule has 300 valence electrons. The molecule has 0 bridgehead atoms. The van der Waals surface area contributed by atoms with Gasteiger partial charge in [-0.2, -0.15) is 10.5 Å². The van der Waals surface area contributed by atoms with E-state index in [0.29, 0.717) is 76.5 Å². The lowest BCUT2D eigenvalue weighted by molar-refractivity contribution is -0.138. The zero-order valence-corrected chi connectivity index (χ0v) is 33.1. The van der Waals surface area contributed by atoms with Crippen molar-refractivity contribution in [1.29, 1.82) is 10.5 Å². The predicted octanol–water partition coefficient (Wildman–Crippen LogP) is 2.59. The number of rotatable bonds is 11. The summed E-state index contributed by atoms with van der Waals surface area (Å²) in [7, 11) is 0. The van der Waals surface area contributed by atoms with Crippen LogP contribution in [-0.2, 0) is 9.59 Å². The third-order valence-electron chi connectivity index (χ3n) is 9.75. The Hall–Kier alpha value is -5.58. The quantitative estimate of drug-likeness (QED) is 0.146. The number of amides is 1. The molecule has 2 saturated carbocycles. The van der Waals surface area contributed by atoms with Gasteiger partial charge >= 0.3 is 5.97 Å². The van der Waals surface area contributed by atoms with Gasteiger partial charge in [-0.05, 0) is 32.1 Å². The number of carboxylic acids is 1. The van der Waals surface area contributed by atoms with Crippen LogP contribution in [0.5, 0.6) is 0 Å². The summed E-state index contributed by atoms with van der Waals surface area (Å²) in [5.41, 5.74) is 5.38. The Morgan fingerprint density at radius 3 is 1.54 bits per heavy atom. The Morgan fingerprint density at radius 2 is 1.18 bits per heavy atom. The van der Waals surface area contributed by atoms with Crippen LogP contribution >= 0.6 is 22.7 Å². The van der Waals surface area contributed by atoms with Crippen LogP contribution in [0.3, 0.4) is 0 Å². The highest BCUT2D eigenvalue weighted by molar-refractivity contribution is 7.16. The molecule has 0 aromatic carbocycles. The number of nitrogens with one attached hydrogen (secondary N) is 3. The minimum atomic E-state index is -0.808. The van der Waals surface area contributed by atoms with Crippen LogP contribution in [0.2, 0.25) is 0 Å². The number of nitrogens with zero attached hydrogens (tertiary/aromatic N) is 12. The first-order valence-electron chi connectivity index (χ1n) is 18.8. The second-order valence-electron chi connectivity index (χ2n) is 13.9. The number of aliphatic carboxylic acids is 1. The normalized spacial score (nSPS) is 17.2. The maximum absolute atomic E-state index is 12.1. The first-order chi connectivity index (χ1) is 27.7. The fourth-order valence-corrected chi connectivity index (χ4v) is 7.33. The van der Waals surface area contributed by atoms with Crippen LogP contribution in [-0.4, -0.2) is 134 Å². The summed E-state index contributed by atoms with van der Waals surface area (Å²) in [5, 5.41) is 37.1. The van der Waals surface area contributed by atoms with E-state index in [4.69, 9.17) is 21.4 Å². The summed E-state index contributed by atoms with van der Waals surface area (Å²) in [6.07, 6.45) is 13.4. The lowest BCUT2D eigenvalue weighted by Gasteiger charge is -2.35. The van der Waals surface area contributed by atoms with Crippen LogP contribution in [0.4, 0.5) is 33.5 Å². The van der Waals surface area contributed by atoms with Crippen molar-refractivity contribution >= 4 is 68.1 Å². The van der Waals surface area contributed by atoms with Gasteiger partial charge in [-0.15, -0.1) is 0 Å². The Morgan fingerprint density at radius 1 is 0.719 bits per heavy atom. The minimum absolute atomic E-state index is 0.0652. The molecular formula is C36H46N16O3S2. The number of carboxylic acid groups (broad SMARTS) is 1. The number of thiazole rings is 2. The fourth-order valence-electron chi connectivity index (χ4n) is 6.09. The van der Waals surface area contributed by atoms with Gasteiger partial charge in [0.25, 0.3) is 0 Å². The smallest absolute Gasteiger partial charge is 0.317 e. The van der Waals surface area contributed by atoms with Crippen LogP contribution in [0.25, 0.3) is 0 Å². The Bertz CT molecular complexity index is 2010. The molecule has 6 heterocycles. The third kappa shape index (κ3) is 12.7. The lowest BCUT2D eigenvalue weighted by Crippen LogP contribution is -2.51. The number of hydrogen-bond donors (Lipinski definition) is 5. The number of anilines is 6. The van der Waals surface area contributed by atoms with E-state index in [1.807, 2.05) is 23.1 Å². The Labute approximate surface area is 338 Å². The van der Waals surface area contributed by atoms with Gasteiger partial charge in [0.05, 0.1) is 25.5 Å². The molecule has 2 aliphatic carbocycles. The van der Waals surface area contributed by atoms with Gasteiger partial charge in [-0.3, -0.25) is 19.4 Å². The lowest BCUT2D eigenvalue weighted by atomic mass is 9.93. The van der Waals surface area contributed by atoms with Crippen molar-refractivity contribution < 1.29 is 14.7 Å². The number of hydrogen-bond acceptors (Lipinski definition) is 19. The maximum atomic E-state index is 12.1. The second kappa shape index (κ2) is 20.5. The number of aromatic nitrogens is 6. The van der Waals surface area contributed by atoms with Crippen molar-refractivity contribution in [3.8, 4) is 12.1 Å². The monoisotopic (exact) mass is 814 g/mol. The SMILES string of the molecule is N#Cc1cnc(Nc2cc(N3CCN(CC(=O)NC4CCC4)CC3)ncn2)s1.N#Cc1cnc(Nc2cc(N3CCN(CC(=O)O)CC3)ncn2)s1.NC1CCC1. The summed E-state index contributed by atoms with van der Waals surface area (Å²) >= 11 is 2.54. The molecule has 0 spiro atoms. The van der Waals surface area contributed by atoms with Gasteiger partial charge in [0.15, 0.2) is 10.3 Å². The van der Waals surface area contributed by atoms with E-state index in [9.17, 15) is 9.59 Å². The first-order valence-corrected chi connectivity index (χ1v) is 20.5. The zero-order chi connectivity index (χ0) is 40.0. The molecule has 2 aliphatic heterocycles. The summed E-state index contributed by atoms with van der Waals surface area (Å²) in [6, 6.07) is 8.77. The van der Waals surface area contributed by atoms with E-state index in [1.165, 1.54) is 73.4 Å². The average molecular weight is 815 g/mol. The highest BCUT2D eigenvalue weighted by Gasteiger charge is 2.24. The van der Waals surface area contributed by atoms with Gasteiger partial charge in [0, 0.05) is 76.6 Å². The highest BCUT2D eigenvalue weighted by Crippen LogP contribution is 2.25. The van der Waals surface area contributed by atoms with Gasteiger partial charge in [-0.1, -0.05) is 29.1 Å². The fraction of sp³-hybridized carbons (Fsp3) is 0.500. The van der Waals surface area contributed by atoms with Crippen LogP contribution in [0, 0.1) is 22.7 Å². The van der Waals surface area contributed by atoms with Crippen molar-refractivity contribution in [3.05, 3.63) is 46.9 Å². The molecule has 57 heavy (non-hydrogen) atoms. The summed E-state index contributed by atoms with van der Waals surface area (Å²) in [5.74, 6) is 2.19. The summed E-state index contributed by atoms with van der Waals surface area (Å²) in [4.78, 5) is 57.6. The largest absolute Gasteiger partial charge is 0.480 e. The van der Waals surface area contributed by atoms with E-state index in [1.54, 1.807) is 0 Å². The topological polar surface area (TPSA) is 254 Å². The zero-order valence-electron chi connectivity index (χ0n) is 31.5. The molecule has 0 unspecified atom stereocenters. The van der Waals surface area contributed by atoms with Crippen LogP contribution in [0.1, 0.15) is 48.3 Å². The van der Waals surface area contributed by atoms with E-state index in [2.05, 4.69) is 66.6 Å². The van der Waals surface area contributed by atoms with Crippen molar-refractivity contribution in [2.75, 3.05) is 85.9 Å². The molecule has 21 heteroatoms. The molecule has 2 saturated heterocycles. The van der Waals surface area contributed by atoms with Crippen molar-refractivity contribution in [2.45, 2.75) is 50.6 Å². The maximum Gasteiger partial charge on any atom is 0.317 e. The van der Waals surface area contributed by atoms with Gasteiger partial charge in [0.1, 0.15) is 57.8 Å². The predicted molar refractivity (Wildman–Crippen MR) is 217 cm³/mol. The molecule has 6 N–H and O–H groups in total. The standard InChI is InChI=1S/C18H22N8OS.C14H15N7O2S.C4H9N/c19-9-14-10-20-18(28-14)24-15-8-16(22-12-21-15)26-6-4-25(5-7-26)11-17(27)23-13-2-1-3-13;15-6-10-7-16-14(24-10)19-11-5-12(18-9-17-11)21-3-1-20(2-4-21)8-13(22)23;5-4-2-1-3-4/h8,10,12-13H,1-7,11H2,(H,23,27)(H,20,21,22,24);5,7,9H,1-4,8H2,(H,22,23)(H,16,17,18,19);4H,1-3,5H2. The van der Waals surface area contributed by atoms with E-state index < -0.39 is 5.97 Å². The minimum Gasteiger partial charge on any atom is -0.480 e. The molecule has 4 fully saturated rings. The molecule has 4 aliphatic rings. The number of carbonyl (C=O) groups is 2.